The van der Waals surface area contributed by atoms with Crippen molar-refractivity contribution in [3.05, 3.63) is 30.5 Å². The molecule has 0 amide bonds. The number of benzene rings is 1. The van der Waals surface area contributed by atoms with Crippen LogP contribution < -0.4 is 5.32 Å². The van der Waals surface area contributed by atoms with E-state index in [1.165, 1.54) is 10.9 Å². The van der Waals surface area contributed by atoms with Gasteiger partial charge >= 0.3 is 0 Å². The van der Waals surface area contributed by atoms with Crippen molar-refractivity contribution in [3.8, 4) is 0 Å². The molecule has 0 aliphatic carbocycles. The second kappa shape index (κ2) is 3.28. The van der Waals surface area contributed by atoms with Gasteiger partial charge in [-0.1, -0.05) is 6.07 Å². The van der Waals surface area contributed by atoms with Crippen molar-refractivity contribution >= 4 is 16.6 Å². The summed E-state index contributed by atoms with van der Waals surface area (Å²) in [5.41, 5.74) is 2.44. The summed E-state index contributed by atoms with van der Waals surface area (Å²) in [4.78, 5) is 0. The Morgan fingerprint density at radius 2 is 2.20 bits per heavy atom. The summed E-state index contributed by atoms with van der Waals surface area (Å²) in [6.45, 7) is 1.68. The van der Waals surface area contributed by atoms with Gasteiger partial charge in [-0.05, 0) is 23.6 Å². The van der Waals surface area contributed by atoms with Crippen LogP contribution in [0.4, 0.5) is 5.69 Å². The number of aromatic nitrogens is 1. The van der Waals surface area contributed by atoms with Crippen LogP contribution in [0.2, 0.25) is 0 Å². The fourth-order valence-corrected chi connectivity index (χ4v) is 2.01. The molecule has 0 bridgehead atoms. The van der Waals surface area contributed by atoms with Crippen molar-refractivity contribution < 1.29 is 4.74 Å². The highest BCUT2D eigenvalue weighted by Gasteiger charge is 2.21. The number of rotatable bonds is 2. The summed E-state index contributed by atoms with van der Waals surface area (Å²) in [6.07, 6.45) is 2.15. The minimum atomic E-state index is 0.523. The number of hydrogen-bond donors (Lipinski definition) is 1. The molecule has 2 heterocycles. The summed E-state index contributed by atoms with van der Waals surface area (Å²) in [6, 6.07) is 9.12. The average molecular weight is 202 g/mol. The molecule has 1 aliphatic heterocycles. The van der Waals surface area contributed by atoms with Gasteiger partial charge in [0.2, 0.25) is 0 Å². The highest BCUT2D eigenvalue weighted by atomic mass is 16.5. The van der Waals surface area contributed by atoms with Gasteiger partial charge in [-0.3, -0.25) is 0 Å². The summed E-state index contributed by atoms with van der Waals surface area (Å²) in [7, 11) is 1.95. The van der Waals surface area contributed by atoms with E-state index in [1.54, 1.807) is 0 Å². The zero-order chi connectivity index (χ0) is 10.3. The third-order valence-corrected chi connectivity index (χ3v) is 3.03. The molecule has 78 valence electrons. The molecule has 1 aromatic heterocycles. The van der Waals surface area contributed by atoms with Crippen LogP contribution >= 0.6 is 0 Å². The highest BCUT2D eigenvalue weighted by molar-refractivity contribution is 5.83. The molecule has 3 nitrogen and oxygen atoms in total. The molecule has 1 aromatic carbocycles. The fraction of sp³-hybridized carbons (Fsp3) is 0.333. The van der Waals surface area contributed by atoms with Crippen LogP contribution in [-0.4, -0.2) is 24.8 Å². The first-order valence-corrected chi connectivity index (χ1v) is 5.24. The smallest absolute Gasteiger partial charge is 0.0803 e. The second-order valence-electron chi connectivity index (χ2n) is 3.94. The van der Waals surface area contributed by atoms with Gasteiger partial charge in [0.05, 0.1) is 24.8 Å². The van der Waals surface area contributed by atoms with E-state index in [-0.39, 0.29) is 0 Å². The maximum Gasteiger partial charge on any atom is 0.0803 e. The SMILES string of the molecule is CNc1ccc2ccn(C3COC3)c2c1. The van der Waals surface area contributed by atoms with Gasteiger partial charge in [0.1, 0.15) is 0 Å². The Hall–Kier alpha value is -1.48. The minimum Gasteiger partial charge on any atom is -0.388 e. The van der Waals surface area contributed by atoms with Crippen LogP contribution in [0.1, 0.15) is 6.04 Å². The van der Waals surface area contributed by atoms with E-state index in [4.69, 9.17) is 4.74 Å². The first-order chi connectivity index (χ1) is 7.38. The van der Waals surface area contributed by atoms with Gasteiger partial charge in [0.15, 0.2) is 0 Å². The zero-order valence-corrected chi connectivity index (χ0v) is 8.73. The number of fused-ring (bicyclic) bond motifs is 1. The zero-order valence-electron chi connectivity index (χ0n) is 8.73. The third-order valence-electron chi connectivity index (χ3n) is 3.03. The second-order valence-corrected chi connectivity index (χ2v) is 3.94. The summed E-state index contributed by atoms with van der Waals surface area (Å²) >= 11 is 0. The van der Waals surface area contributed by atoms with Crippen molar-refractivity contribution in [2.75, 3.05) is 25.6 Å². The molecular formula is C12H14N2O. The van der Waals surface area contributed by atoms with Crippen LogP contribution in [0.5, 0.6) is 0 Å². The number of hydrogen-bond acceptors (Lipinski definition) is 2. The number of ether oxygens (including phenoxy) is 1. The van der Waals surface area contributed by atoms with Gasteiger partial charge in [-0.15, -0.1) is 0 Å². The Morgan fingerprint density at radius 3 is 2.87 bits per heavy atom. The normalized spacial score (nSPS) is 16.6. The lowest BCUT2D eigenvalue weighted by Crippen LogP contribution is -2.29. The van der Waals surface area contributed by atoms with Gasteiger partial charge in [-0.2, -0.15) is 0 Å². The summed E-state index contributed by atoms with van der Waals surface area (Å²) in [5, 5.41) is 4.46. The fourth-order valence-electron chi connectivity index (χ4n) is 2.01. The Morgan fingerprint density at radius 1 is 1.33 bits per heavy atom. The molecule has 0 radical (unpaired) electrons. The molecule has 0 atom stereocenters. The van der Waals surface area contributed by atoms with E-state index in [0.29, 0.717) is 6.04 Å². The predicted octanol–water partition coefficient (Wildman–Crippen LogP) is 2.25. The molecule has 0 spiro atoms. The first-order valence-electron chi connectivity index (χ1n) is 5.24. The van der Waals surface area contributed by atoms with Crippen LogP contribution in [0.3, 0.4) is 0 Å². The van der Waals surface area contributed by atoms with Crippen molar-refractivity contribution in [1.82, 2.24) is 4.57 Å². The Balaban J connectivity index is 2.13. The molecule has 2 aromatic rings. The number of nitrogens with one attached hydrogen (secondary N) is 1. The largest absolute Gasteiger partial charge is 0.388 e. The summed E-state index contributed by atoms with van der Waals surface area (Å²) < 4.78 is 7.53. The van der Waals surface area contributed by atoms with E-state index < -0.39 is 0 Å². The molecule has 0 saturated carbocycles. The molecule has 0 unspecified atom stereocenters. The molecule has 1 N–H and O–H groups in total. The van der Waals surface area contributed by atoms with Gasteiger partial charge in [0.25, 0.3) is 0 Å². The molecule has 3 rings (SSSR count). The number of anilines is 1. The number of nitrogens with zero attached hydrogens (tertiary/aromatic N) is 1. The topological polar surface area (TPSA) is 26.2 Å². The van der Waals surface area contributed by atoms with E-state index in [9.17, 15) is 0 Å². The van der Waals surface area contributed by atoms with Gasteiger partial charge in [-0.25, -0.2) is 0 Å². The summed E-state index contributed by atoms with van der Waals surface area (Å²) in [5.74, 6) is 0. The minimum absolute atomic E-state index is 0.523. The lowest BCUT2D eigenvalue weighted by Gasteiger charge is -2.28. The lowest BCUT2D eigenvalue weighted by molar-refractivity contribution is -0.0213. The Bertz CT molecular complexity index is 485. The quantitative estimate of drug-likeness (QED) is 0.808. The Labute approximate surface area is 88.6 Å². The van der Waals surface area contributed by atoms with Crippen molar-refractivity contribution in [3.63, 3.8) is 0 Å². The van der Waals surface area contributed by atoms with Crippen LogP contribution in [0.15, 0.2) is 30.5 Å². The van der Waals surface area contributed by atoms with E-state index in [0.717, 1.165) is 18.9 Å². The molecular weight excluding hydrogens is 188 g/mol. The van der Waals surface area contributed by atoms with E-state index in [1.807, 2.05) is 7.05 Å². The van der Waals surface area contributed by atoms with Crippen LogP contribution in [-0.2, 0) is 4.74 Å². The van der Waals surface area contributed by atoms with Crippen LogP contribution in [0.25, 0.3) is 10.9 Å². The lowest BCUT2D eigenvalue weighted by atomic mass is 10.2. The van der Waals surface area contributed by atoms with Crippen molar-refractivity contribution in [2.24, 2.45) is 0 Å². The maximum atomic E-state index is 5.23. The molecule has 1 fully saturated rings. The van der Waals surface area contributed by atoms with Gasteiger partial charge in [0, 0.05) is 18.9 Å². The van der Waals surface area contributed by atoms with E-state index in [2.05, 4.69) is 40.3 Å². The van der Waals surface area contributed by atoms with Crippen molar-refractivity contribution in [2.45, 2.75) is 6.04 Å². The molecule has 15 heavy (non-hydrogen) atoms. The monoisotopic (exact) mass is 202 g/mol. The third kappa shape index (κ3) is 1.31. The van der Waals surface area contributed by atoms with Gasteiger partial charge < -0.3 is 14.6 Å². The molecule has 1 saturated heterocycles. The standard InChI is InChI=1S/C12H14N2O/c1-13-10-3-2-9-4-5-14(12(9)6-10)11-7-15-8-11/h2-6,11,13H,7-8H2,1H3. The average Bonchev–Trinajstić information content (AvgIpc) is 2.59. The first kappa shape index (κ1) is 8.80. The maximum absolute atomic E-state index is 5.23. The molecule has 1 aliphatic rings. The Kier molecular flexibility index (Phi) is 1.92. The van der Waals surface area contributed by atoms with Crippen molar-refractivity contribution in [1.29, 1.82) is 0 Å². The molecule has 3 heteroatoms. The predicted molar refractivity (Wildman–Crippen MR) is 61.3 cm³/mol. The highest BCUT2D eigenvalue weighted by Crippen LogP contribution is 2.26. The van der Waals surface area contributed by atoms with Crippen LogP contribution in [0, 0.1) is 0 Å². The van der Waals surface area contributed by atoms with E-state index >= 15 is 0 Å².